The fourth-order valence-corrected chi connectivity index (χ4v) is 1.33. The van der Waals surface area contributed by atoms with E-state index in [0.29, 0.717) is 5.69 Å². The van der Waals surface area contributed by atoms with Crippen LogP contribution in [0.3, 0.4) is 0 Å². The summed E-state index contributed by atoms with van der Waals surface area (Å²) >= 11 is 3.31. The molecule has 0 aliphatic heterocycles. The summed E-state index contributed by atoms with van der Waals surface area (Å²) in [5, 5.41) is 20.7. The molecule has 1 atom stereocenters. The Hall–Kier alpha value is -0.780. The van der Waals surface area contributed by atoms with Crippen LogP contribution in [-0.2, 0) is 0 Å². The number of hydrogen-bond acceptors (Lipinski definition) is 4. The Labute approximate surface area is 90.9 Å². The molecule has 0 saturated carbocycles. The van der Waals surface area contributed by atoms with Gasteiger partial charge < -0.3 is 21.3 Å². The lowest BCUT2D eigenvalue weighted by molar-refractivity contribution is 0.105. The predicted octanol–water partition coefficient (Wildman–Crippen LogP) is 0.796. The summed E-state index contributed by atoms with van der Waals surface area (Å²) in [4.78, 5) is 0. The fraction of sp³-hybridized carbons (Fsp3) is 0.333. The molecule has 0 aromatic heterocycles. The van der Waals surface area contributed by atoms with Gasteiger partial charge in [-0.05, 0) is 18.2 Å². The molecular weight excluding hydrogens is 248 g/mol. The zero-order valence-corrected chi connectivity index (χ0v) is 9.16. The molecule has 0 aliphatic rings. The van der Waals surface area contributed by atoms with Gasteiger partial charge >= 0.3 is 0 Å². The molecule has 5 N–H and O–H groups in total. The molecule has 0 saturated heterocycles. The summed E-state index contributed by atoms with van der Waals surface area (Å²) < 4.78 is 0.910. The molecule has 4 nitrogen and oxygen atoms in total. The number of anilines is 2. The number of aliphatic hydroxyl groups is 2. The van der Waals surface area contributed by atoms with E-state index in [4.69, 9.17) is 15.9 Å². The average Bonchev–Trinajstić information content (AvgIpc) is 2.19. The number of benzene rings is 1. The van der Waals surface area contributed by atoms with E-state index in [2.05, 4.69) is 21.2 Å². The highest BCUT2D eigenvalue weighted by atomic mass is 79.9. The van der Waals surface area contributed by atoms with Gasteiger partial charge in [-0.2, -0.15) is 0 Å². The van der Waals surface area contributed by atoms with Crippen LogP contribution < -0.4 is 11.1 Å². The maximum atomic E-state index is 9.11. The second-order valence-electron chi connectivity index (χ2n) is 2.95. The smallest absolute Gasteiger partial charge is 0.0942 e. The van der Waals surface area contributed by atoms with Crippen molar-refractivity contribution in [3.8, 4) is 0 Å². The van der Waals surface area contributed by atoms with Gasteiger partial charge in [0.25, 0.3) is 0 Å². The maximum Gasteiger partial charge on any atom is 0.0942 e. The van der Waals surface area contributed by atoms with E-state index in [-0.39, 0.29) is 13.2 Å². The predicted molar refractivity (Wildman–Crippen MR) is 60.1 cm³/mol. The standard InChI is InChI=1S/C9H13BrN2O2/c10-6-1-2-8(11)9(3-6)12-4-7(14)5-13/h1-3,7,12-14H,4-5,11H2. The quantitative estimate of drug-likeness (QED) is 0.604. The lowest BCUT2D eigenvalue weighted by Crippen LogP contribution is -2.23. The third-order valence-electron chi connectivity index (χ3n) is 1.75. The number of nitrogen functional groups attached to an aromatic ring is 1. The van der Waals surface area contributed by atoms with E-state index >= 15 is 0 Å². The lowest BCUT2D eigenvalue weighted by atomic mass is 10.2. The van der Waals surface area contributed by atoms with Crippen LogP contribution in [0.2, 0.25) is 0 Å². The molecule has 1 aromatic carbocycles. The Kier molecular flexibility index (Phi) is 4.19. The van der Waals surface area contributed by atoms with Gasteiger partial charge in [0.15, 0.2) is 0 Å². The number of rotatable bonds is 4. The second kappa shape index (κ2) is 5.19. The summed E-state index contributed by atoms with van der Waals surface area (Å²) in [5.74, 6) is 0. The number of nitrogens with one attached hydrogen (secondary N) is 1. The van der Waals surface area contributed by atoms with Crippen LogP contribution >= 0.6 is 15.9 Å². The highest BCUT2D eigenvalue weighted by Crippen LogP contribution is 2.22. The molecule has 0 spiro atoms. The summed E-state index contributed by atoms with van der Waals surface area (Å²) in [6.45, 7) is 0.0120. The first-order valence-electron chi connectivity index (χ1n) is 4.21. The molecule has 0 aliphatic carbocycles. The molecular formula is C9H13BrN2O2. The molecule has 5 heteroatoms. The number of hydrogen-bond donors (Lipinski definition) is 4. The van der Waals surface area contributed by atoms with Gasteiger partial charge in [0, 0.05) is 11.0 Å². The number of nitrogens with two attached hydrogens (primary N) is 1. The number of halogens is 1. The highest BCUT2D eigenvalue weighted by Gasteiger charge is 2.03. The molecule has 0 amide bonds. The van der Waals surface area contributed by atoms with Crippen molar-refractivity contribution in [3.63, 3.8) is 0 Å². The van der Waals surface area contributed by atoms with Crippen molar-refractivity contribution in [1.29, 1.82) is 0 Å². The van der Waals surface area contributed by atoms with Gasteiger partial charge in [-0.3, -0.25) is 0 Å². The molecule has 0 fully saturated rings. The first-order valence-corrected chi connectivity index (χ1v) is 5.00. The van der Waals surface area contributed by atoms with Gasteiger partial charge in [-0.15, -0.1) is 0 Å². The third-order valence-corrected chi connectivity index (χ3v) is 2.25. The number of aliphatic hydroxyl groups excluding tert-OH is 2. The molecule has 1 rings (SSSR count). The Balaban J connectivity index is 2.62. The Morgan fingerprint density at radius 2 is 2.21 bits per heavy atom. The van der Waals surface area contributed by atoms with Crippen LogP contribution in [0, 0.1) is 0 Å². The van der Waals surface area contributed by atoms with Gasteiger partial charge in [-0.25, -0.2) is 0 Å². The van der Waals surface area contributed by atoms with Gasteiger partial charge in [0.1, 0.15) is 0 Å². The minimum atomic E-state index is -0.770. The van der Waals surface area contributed by atoms with Crippen LogP contribution in [0.1, 0.15) is 0 Å². The molecule has 0 bridgehead atoms. The van der Waals surface area contributed by atoms with Gasteiger partial charge in [0.05, 0.1) is 24.1 Å². The Morgan fingerprint density at radius 1 is 1.50 bits per heavy atom. The van der Waals surface area contributed by atoms with Crippen LogP contribution in [-0.4, -0.2) is 29.5 Å². The van der Waals surface area contributed by atoms with E-state index in [0.717, 1.165) is 10.2 Å². The van der Waals surface area contributed by atoms with Crippen molar-refractivity contribution in [3.05, 3.63) is 22.7 Å². The van der Waals surface area contributed by atoms with Gasteiger partial charge in [0.2, 0.25) is 0 Å². The van der Waals surface area contributed by atoms with Crippen molar-refractivity contribution in [1.82, 2.24) is 0 Å². The summed E-state index contributed by atoms with van der Waals surface area (Å²) in [6, 6.07) is 5.42. The molecule has 1 aromatic rings. The molecule has 14 heavy (non-hydrogen) atoms. The minimum absolute atomic E-state index is 0.263. The third kappa shape index (κ3) is 3.17. The Morgan fingerprint density at radius 3 is 2.86 bits per heavy atom. The monoisotopic (exact) mass is 260 g/mol. The summed E-state index contributed by atoms with van der Waals surface area (Å²) in [6.07, 6.45) is -0.770. The normalized spacial score (nSPS) is 12.5. The lowest BCUT2D eigenvalue weighted by Gasteiger charge is -2.12. The van der Waals surface area contributed by atoms with E-state index in [1.165, 1.54) is 0 Å². The van der Waals surface area contributed by atoms with E-state index in [1.807, 2.05) is 12.1 Å². The summed E-state index contributed by atoms with van der Waals surface area (Å²) in [7, 11) is 0. The molecule has 78 valence electrons. The van der Waals surface area contributed by atoms with Gasteiger partial charge in [-0.1, -0.05) is 15.9 Å². The van der Waals surface area contributed by atoms with Crippen molar-refractivity contribution < 1.29 is 10.2 Å². The largest absolute Gasteiger partial charge is 0.397 e. The molecule has 0 radical (unpaired) electrons. The van der Waals surface area contributed by atoms with Crippen molar-refractivity contribution in [2.24, 2.45) is 0 Å². The molecule has 1 unspecified atom stereocenters. The maximum absolute atomic E-state index is 9.11. The van der Waals surface area contributed by atoms with E-state index < -0.39 is 6.10 Å². The average molecular weight is 261 g/mol. The van der Waals surface area contributed by atoms with Crippen molar-refractivity contribution in [2.75, 3.05) is 24.2 Å². The fourth-order valence-electron chi connectivity index (χ4n) is 0.974. The molecule has 0 heterocycles. The van der Waals surface area contributed by atoms with Crippen molar-refractivity contribution >= 4 is 27.3 Å². The first kappa shape index (κ1) is 11.3. The minimum Gasteiger partial charge on any atom is -0.397 e. The van der Waals surface area contributed by atoms with Crippen LogP contribution in [0.15, 0.2) is 22.7 Å². The van der Waals surface area contributed by atoms with Crippen molar-refractivity contribution in [2.45, 2.75) is 6.10 Å². The van der Waals surface area contributed by atoms with Crippen LogP contribution in [0.4, 0.5) is 11.4 Å². The zero-order chi connectivity index (χ0) is 10.6. The second-order valence-corrected chi connectivity index (χ2v) is 3.86. The SMILES string of the molecule is Nc1ccc(Br)cc1NCC(O)CO. The first-order chi connectivity index (χ1) is 6.63. The van der Waals surface area contributed by atoms with E-state index in [9.17, 15) is 0 Å². The van der Waals surface area contributed by atoms with E-state index in [1.54, 1.807) is 6.07 Å². The van der Waals surface area contributed by atoms with Crippen LogP contribution in [0.5, 0.6) is 0 Å². The zero-order valence-electron chi connectivity index (χ0n) is 7.57. The summed E-state index contributed by atoms with van der Waals surface area (Å²) in [5.41, 5.74) is 7.04. The van der Waals surface area contributed by atoms with Crippen LogP contribution in [0.25, 0.3) is 0 Å². The Bertz CT molecular complexity index is 307. The highest BCUT2D eigenvalue weighted by molar-refractivity contribution is 9.10. The topological polar surface area (TPSA) is 78.5 Å².